The highest BCUT2D eigenvalue weighted by atomic mass is 27.2. The first-order valence-electron chi connectivity index (χ1n) is 4.93. The fourth-order valence-electron chi connectivity index (χ4n) is 1.89. The molecule has 0 aromatic heterocycles. The standard InChI is InChI=1S/C7H14NO.2CH3.Al/c1-6(9)7-3-4-8(2)5-7;;;/h6-7H,3-5H2,1-2H3;2*1H3;/q-1;;;+1. The summed E-state index contributed by atoms with van der Waals surface area (Å²) in [5.41, 5.74) is 0. The van der Waals surface area contributed by atoms with E-state index in [1.807, 2.05) is 0 Å². The molecule has 0 aliphatic carbocycles. The van der Waals surface area contributed by atoms with Crippen LogP contribution in [0, 0.1) is 5.92 Å². The van der Waals surface area contributed by atoms with Crippen LogP contribution in [0.25, 0.3) is 0 Å². The first-order chi connectivity index (χ1) is 5.59. The molecule has 70 valence electrons. The fraction of sp³-hybridized carbons (Fsp3) is 1.00. The second kappa shape index (κ2) is 4.62. The van der Waals surface area contributed by atoms with Crippen molar-refractivity contribution in [1.82, 2.24) is 4.90 Å². The average molecular weight is 185 g/mol. The largest absolute Gasteiger partial charge is 0.498 e. The van der Waals surface area contributed by atoms with Gasteiger partial charge in [-0.05, 0) is 32.9 Å². The molecule has 0 aromatic rings. The van der Waals surface area contributed by atoms with Gasteiger partial charge in [-0.2, -0.15) is 0 Å². The fourth-order valence-corrected chi connectivity index (χ4v) is 2.97. The molecule has 1 aliphatic heterocycles. The van der Waals surface area contributed by atoms with Crippen LogP contribution in [0.2, 0.25) is 11.6 Å². The predicted octanol–water partition coefficient (Wildman–Crippen LogP) is 1.59. The normalized spacial score (nSPS) is 27.5. The predicted molar refractivity (Wildman–Crippen MR) is 53.6 cm³/mol. The molecular formula is C9H20AlNO. The van der Waals surface area contributed by atoms with E-state index in [-0.39, 0.29) is 0 Å². The van der Waals surface area contributed by atoms with Gasteiger partial charge < -0.3 is 8.69 Å². The van der Waals surface area contributed by atoms with E-state index >= 15 is 0 Å². The molecule has 2 atom stereocenters. The average Bonchev–Trinajstić information content (AvgIpc) is 2.34. The molecule has 0 radical (unpaired) electrons. The number of nitrogens with zero attached hydrogens (tertiary/aromatic N) is 1. The molecule has 0 aromatic carbocycles. The third-order valence-electron chi connectivity index (χ3n) is 2.58. The van der Waals surface area contributed by atoms with Crippen LogP contribution in [-0.2, 0) is 3.79 Å². The third kappa shape index (κ3) is 3.07. The van der Waals surface area contributed by atoms with Crippen molar-refractivity contribution in [3.8, 4) is 0 Å². The van der Waals surface area contributed by atoms with E-state index in [1.165, 1.54) is 19.5 Å². The van der Waals surface area contributed by atoms with Crippen molar-refractivity contribution < 1.29 is 3.79 Å². The second-order valence-electron chi connectivity index (χ2n) is 4.20. The van der Waals surface area contributed by atoms with Crippen molar-refractivity contribution in [1.29, 1.82) is 0 Å². The summed E-state index contributed by atoms with van der Waals surface area (Å²) in [6, 6.07) is 0. The van der Waals surface area contributed by atoms with Crippen LogP contribution in [0.1, 0.15) is 13.3 Å². The first kappa shape index (κ1) is 10.5. The Balaban J connectivity index is 2.28. The number of rotatable bonds is 3. The molecule has 0 bridgehead atoms. The van der Waals surface area contributed by atoms with Gasteiger partial charge in [0.1, 0.15) is 0 Å². The monoisotopic (exact) mass is 185 g/mol. The zero-order valence-electron chi connectivity index (χ0n) is 8.71. The Hall–Kier alpha value is 0.452. The van der Waals surface area contributed by atoms with E-state index in [4.69, 9.17) is 3.79 Å². The van der Waals surface area contributed by atoms with Gasteiger partial charge in [0.15, 0.2) is 0 Å². The van der Waals surface area contributed by atoms with Crippen molar-refractivity contribution in [2.45, 2.75) is 31.0 Å². The van der Waals surface area contributed by atoms with Crippen molar-refractivity contribution >= 4 is 14.5 Å². The molecule has 1 fully saturated rings. The summed E-state index contributed by atoms with van der Waals surface area (Å²) in [6.07, 6.45) is 1.81. The Bertz CT molecular complexity index is 140. The molecule has 0 amide bonds. The lowest BCUT2D eigenvalue weighted by atomic mass is 10.0. The summed E-state index contributed by atoms with van der Waals surface area (Å²) in [5.74, 6) is 5.27. The highest BCUT2D eigenvalue weighted by Gasteiger charge is 2.26. The zero-order valence-corrected chi connectivity index (χ0v) is 9.86. The van der Waals surface area contributed by atoms with Gasteiger partial charge in [-0.1, -0.05) is 11.6 Å². The summed E-state index contributed by atoms with van der Waals surface area (Å²) in [4.78, 5) is 2.40. The molecule has 1 saturated heterocycles. The maximum absolute atomic E-state index is 5.89. The Labute approximate surface area is 80.6 Å². The quantitative estimate of drug-likeness (QED) is 0.619. The van der Waals surface area contributed by atoms with Crippen molar-refractivity contribution in [2.75, 3.05) is 20.1 Å². The number of likely N-dealkylation sites (tertiary alicyclic amines) is 1. The molecule has 2 unspecified atom stereocenters. The second-order valence-corrected chi connectivity index (χ2v) is 6.57. The third-order valence-corrected chi connectivity index (χ3v) is 3.55. The van der Waals surface area contributed by atoms with Gasteiger partial charge in [0.05, 0.1) is 0 Å². The van der Waals surface area contributed by atoms with Crippen LogP contribution >= 0.6 is 0 Å². The minimum Gasteiger partial charge on any atom is -0.498 e. The Morgan fingerprint density at radius 2 is 2.17 bits per heavy atom. The van der Waals surface area contributed by atoms with Gasteiger partial charge >= 0.3 is 14.5 Å². The van der Waals surface area contributed by atoms with Gasteiger partial charge in [-0.3, -0.25) is 0 Å². The summed E-state index contributed by atoms with van der Waals surface area (Å²) in [7, 11) is 2.19. The Kier molecular flexibility index (Phi) is 4.06. The molecule has 3 heteroatoms. The van der Waals surface area contributed by atoms with Crippen LogP contribution in [0.5, 0.6) is 0 Å². The van der Waals surface area contributed by atoms with Crippen LogP contribution < -0.4 is 0 Å². The molecule has 1 rings (SSSR count). The lowest BCUT2D eigenvalue weighted by molar-refractivity contribution is 0.156. The van der Waals surface area contributed by atoms with Gasteiger partial charge in [0, 0.05) is 12.6 Å². The summed E-state index contributed by atoms with van der Waals surface area (Å²) in [6.45, 7) is 4.71. The molecule has 1 aliphatic rings. The van der Waals surface area contributed by atoms with Gasteiger partial charge in [0.25, 0.3) is 0 Å². The first-order valence-corrected chi connectivity index (χ1v) is 7.71. The van der Waals surface area contributed by atoms with Crippen molar-refractivity contribution in [2.24, 2.45) is 5.92 Å². The maximum Gasteiger partial charge on any atom is 0.454 e. The Morgan fingerprint density at radius 1 is 1.50 bits per heavy atom. The highest BCUT2D eigenvalue weighted by molar-refractivity contribution is 6.48. The molecule has 2 nitrogen and oxygen atoms in total. The van der Waals surface area contributed by atoms with E-state index in [0.717, 1.165) is 5.92 Å². The minimum absolute atomic E-state index is 0.488. The van der Waals surface area contributed by atoms with E-state index < -0.39 is 14.5 Å². The van der Waals surface area contributed by atoms with E-state index in [0.29, 0.717) is 6.10 Å². The maximum atomic E-state index is 5.89. The van der Waals surface area contributed by atoms with Crippen LogP contribution in [0.3, 0.4) is 0 Å². The lowest BCUT2D eigenvalue weighted by Gasteiger charge is -2.22. The van der Waals surface area contributed by atoms with Gasteiger partial charge in [0.2, 0.25) is 0 Å². The molecule has 12 heavy (non-hydrogen) atoms. The van der Waals surface area contributed by atoms with Crippen molar-refractivity contribution in [3.63, 3.8) is 0 Å². The van der Waals surface area contributed by atoms with E-state index in [2.05, 4.69) is 30.4 Å². The molecule has 0 spiro atoms. The minimum atomic E-state index is -0.823. The van der Waals surface area contributed by atoms with Gasteiger partial charge in [-0.25, -0.2) is 0 Å². The smallest absolute Gasteiger partial charge is 0.454 e. The van der Waals surface area contributed by atoms with E-state index in [1.54, 1.807) is 0 Å². The van der Waals surface area contributed by atoms with Crippen LogP contribution in [0.15, 0.2) is 0 Å². The topological polar surface area (TPSA) is 12.5 Å². The van der Waals surface area contributed by atoms with Crippen molar-refractivity contribution in [3.05, 3.63) is 0 Å². The summed E-state index contributed by atoms with van der Waals surface area (Å²) in [5, 5.41) is 0. The Morgan fingerprint density at radius 3 is 2.58 bits per heavy atom. The number of hydrogen-bond acceptors (Lipinski definition) is 2. The van der Waals surface area contributed by atoms with Crippen LogP contribution in [-0.4, -0.2) is 45.6 Å². The van der Waals surface area contributed by atoms with E-state index in [9.17, 15) is 0 Å². The number of hydrogen-bond donors (Lipinski definition) is 0. The molecular weight excluding hydrogens is 165 g/mol. The molecule has 0 saturated carbocycles. The van der Waals surface area contributed by atoms with Gasteiger partial charge in [-0.15, -0.1) is 0 Å². The SMILES string of the molecule is CC([O][Al]([CH3])[CH3])C1CCN(C)C1. The van der Waals surface area contributed by atoms with Crippen LogP contribution in [0.4, 0.5) is 0 Å². The summed E-state index contributed by atoms with van der Waals surface area (Å²) < 4.78 is 5.89. The molecule has 1 heterocycles. The highest BCUT2D eigenvalue weighted by Crippen LogP contribution is 2.20. The summed E-state index contributed by atoms with van der Waals surface area (Å²) >= 11 is -0.823. The molecule has 0 N–H and O–H groups in total. The lowest BCUT2D eigenvalue weighted by Crippen LogP contribution is -2.27. The zero-order chi connectivity index (χ0) is 9.14.